The Kier molecular flexibility index (Phi) is 4.98. The van der Waals surface area contributed by atoms with Crippen LogP contribution in [0.1, 0.15) is 5.56 Å². The topological polar surface area (TPSA) is 105 Å². The van der Waals surface area contributed by atoms with E-state index in [2.05, 4.69) is 5.32 Å². The number of phenols is 1. The molecule has 1 aliphatic rings. The number of nitrogens with one attached hydrogen (secondary N) is 1. The molecule has 27 heavy (non-hydrogen) atoms. The largest absolute Gasteiger partial charge is 0.504 e. The van der Waals surface area contributed by atoms with Crippen LogP contribution >= 0.6 is 0 Å². The van der Waals surface area contributed by atoms with Gasteiger partial charge in [0, 0.05) is 0 Å². The Labute approximate surface area is 155 Å². The van der Waals surface area contributed by atoms with Crippen molar-refractivity contribution in [2.45, 2.75) is 6.42 Å². The van der Waals surface area contributed by atoms with Crippen LogP contribution in [0.4, 0.5) is 10.5 Å². The Bertz CT molecular complexity index is 894. The Morgan fingerprint density at radius 2 is 1.74 bits per heavy atom. The fraction of sp³-hybridized carbons (Fsp3) is 0.211. The Morgan fingerprint density at radius 3 is 2.37 bits per heavy atom. The summed E-state index contributed by atoms with van der Waals surface area (Å²) < 4.78 is 10.1. The van der Waals surface area contributed by atoms with E-state index in [-0.39, 0.29) is 17.9 Å². The smallest absolute Gasteiger partial charge is 0.335 e. The molecule has 1 saturated heterocycles. The predicted molar refractivity (Wildman–Crippen MR) is 95.9 cm³/mol. The van der Waals surface area contributed by atoms with E-state index in [1.807, 2.05) is 0 Å². The summed E-state index contributed by atoms with van der Waals surface area (Å²) in [4.78, 5) is 38.2. The van der Waals surface area contributed by atoms with Crippen molar-refractivity contribution in [2.24, 2.45) is 5.92 Å². The summed E-state index contributed by atoms with van der Waals surface area (Å²) in [5.74, 6) is -1.61. The van der Waals surface area contributed by atoms with E-state index in [1.54, 1.807) is 36.4 Å². The highest BCUT2D eigenvalue weighted by Crippen LogP contribution is 2.29. The van der Waals surface area contributed by atoms with Crippen LogP contribution in [0.15, 0.2) is 42.5 Å². The maximum atomic E-state index is 12.9. The first-order valence-corrected chi connectivity index (χ1v) is 8.13. The van der Waals surface area contributed by atoms with Crippen LogP contribution in [-0.4, -0.2) is 37.2 Å². The maximum Gasteiger partial charge on any atom is 0.335 e. The summed E-state index contributed by atoms with van der Waals surface area (Å²) in [6.45, 7) is 0. The number of ether oxygens (including phenoxy) is 2. The van der Waals surface area contributed by atoms with E-state index in [1.165, 1.54) is 20.3 Å². The molecule has 0 aliphatic carbocycles. The van der Waals surface area contributed by atoms with Crippen LogP contribution in [0.2, 0.25) is 0 Å². The molecule has 3 rings (SSSR count). The number of methoxy groups -OCH3 is 2. The second-order valence-electron chi connectivity index (χ2n) is 5.93. The summed E-state index contributed by atoms with van der Waals surface area (Å²) in [7, 11) is 2.91. The molecule has 8 nitrogen and oxygen atoms in total. The third-order valence-electron chi connectivity index (χ3n) is 4.28. The van der Waals surface area contributed by atoms with Crippen molar-refractivity contribution in [3.05, 3.63) is 48.0 Å². The van der Waals surface area contributed by atoms with E-state index < -0.39 is 23.8 Å². The standard InChI is InChI=1S/C19H18N2O6/c1-26-13-6-4-12(5-7-13)21-18(24)14(17(23)20-19(21)25)9-11-3-8-15(22)16(10-11)27-2/h3-8,10,14,22H,9H2,1-2H3,(H,20,23,25)/t14-/m0/s1. The van der Waals surface area contributed by atoms with E-state index in [9.17, 15) is 19.5 Å². The van der Waals surface area contributed by atoms with E-state index >= 15 is 0 Å². The number of anilines is 1. The van der Waals surface area contributed by atoms with E-state index in [4.69, 9.17) is 9.47 Å². The van der Waals surface area contributed by atoms with Crippen molar-refractivity contribution in [3.63, 3.8) is 0 Å². The van der Waals surface area contributed by atoms with Gasteiger partial charge in [0.2, 0.25) is 11.8 Å². The number of benzene rings is 2. The van der Waals surface area contributed by atoms with Gasteiger partial charge in [0.25, 0.3) is 0 Å². The minimum absolute atomic E-state index is 0.0456. The van der Waals surface area contributed by atoms with Crippen molar-refractivity contribution in [2.75, 3.05) is 19.1 Å². The molecule has 2 N–H and O–H groups in total. The van der Waals surface area contributed by atoms with Crippen LogP contribution in [0.3, 0.4) is 0 Å². The number of rotatable bonds is 5. The Hall–Kier alpha value is -3.55. The van der Waals surface area contributed by atoms with Gasteiger partial charge in [0.05, 0.1) is 19.9 Å². The van der Waals surface area contributed by atoms with Gasteiger partial charge in [-0.3, -0.25) is 14.9 Å². The van der Waals surface area contributed by atoms with Crippen molar-refractivity contribution in [1.82, 2.24) is 5.32 Å². The average molecular weight is 370 g/mol. The highest BCUT2D eigenvalue weighted by atomic mass is 16.5. The number of carbonyl (C=O) groups excluding carboxylic acids is 3. The zero-order chi connectivity index (χ0) is 19.6. The number of hydrogen-bond donors (Lipinski definition) is 2. The van der Waals surface area contributed by atoms with Crippen molar-refractivity contribution in [1.29, 1.82) is 0 Å². The molecule has 4 amide bonds. The van der Waals surface area contributed by atoms with Crippen LogP contribution < -0.4 is 19.7 Å². The lowest BCUT2D eigenvalue weighted by Gasteiger charge is -2.30. The lowest BCUT2D eigenvalue weighted by molar-refractivity contribution is -0.134. The maximum absolute atomic E-state index is 12.9. The molecule has 1 aliphatic heterocycles. The van der Waals surface area contributed by atoms with Crippen molar-refractivity contribution < 1.29 is 29.0 Å². The summed E-state index contributed by atoms with van der Waals surface area (Å²) in [6, 6.07) is 10.1. The minimum atomic E-state index is -1.08. The molecule has 1 atom stereocenters. The number of urea groups is 1. The number of amides is 4. The van der Waals surface area contributed by atoms with Gasteiger partial charge in [-0.1, -0.05) is 6.07 Å². The molecule has 0 spiro atoms. The molecule has 140 valence electrons. The van der Waals surface area contributed by atoms with Crippen LogP contribution in [0.25, 0.3) is 0 Å². The van der Waals surface area contributed by atoms with Gasteiger partial charge in [0.1, 0.15) is 11.7 Å². The number of hydrogen-bond acceptors (Lipinski definition) is 6. The lowest BCUT2D eigenvalue weighted by Crippen LogP contribution is -2.58. The number of carbonyl (C=O) groups is 3. The highest BCUT2D eigenvalue weighted by molar-refractivity contribution is 6.27. The van der Waals surface area contributed by atoms with Crippen LogP contribution in [0, 0.1) is 5.92 Å². The molecule has 2 aromatic carbocycles. The Balaban J connectivity index is 1.88. The fourth-order valence-electron chi connectivity index (χ4n) is 2.86. The molecule has 1 heterocycles. The molecule has 0 unspecified atom stereocenters. The quantitative estimate of drug-likeness (QED) is 0.779. The van der Waals surface area contributed by atoms with E-state index in [0.717, 1.165) is 4.90 Å². The first kappa shape index (κ1) is 18.2. The SMILES string of the molecule is COc1ccc(N2C(=O)NC(=O)[C@H](Cc3ccc(O)c(OC)c3)C2=O)cc1. The average Bonchev–Trinajstić information content (AvgIpc) is 2.66. The Morgan fingerprint density at radius 1 is 1.04 bits per heavy atom. The van der Waals surface area contributed by atoms with Gasteiger partial charge in [0.15, 0.2) is 11.5 Å². The number of nitrogens with zero attached hydrogens (tertiary/aromatic N) is 1. The van der Waals surface area contributed by atoms with Gasteiger partial charge in [-0.25, -0.2) is 9.69 Å². The molecule has 1 fully saturated rings. The first-order chi connectivity index (χ1) is 12.9. The summed E-state index contributed by atoms with van der Waals surface area (Å²) in [6.07, 6.45) is 0.0568. The van der Waals surface area contributed by atoms with Gasteiger partial charge < -0.3 is 14.6 Å². The molecule has 0 saturated carbocycles. The number of barbiturate groups is 1. The zero-order valence-electron chi connectivity index (χ0n) is 14.8. The second-order valence-corrected chi connectivity index (χ2v) is 5.93. The summed E-state index contributed by atoms with van der Waals surface area (Å²) in [5, 5.41) is 11.9. The lowest BCUT2D eigenvalue weighted by atomic mass is 9.95. The number of phenolic OH excluding ortho intramolecular Hbond substituents is 1. The summed E-state index contributed by atoms with van der Waals surface area (Å²) >= 11 is 0. The first-order valence-electron chi connectivity index (χ1n) is 8.13. The third kappa shape index (κ3) is 3.55. The molecule has 0 bridgehead atoms. The molecule has 0 radical (unpaired) electrons. The van der Waals surface area contributed by atoms with Gasteiger partial charge in [-0.05, 0) is 48.4 Å². The normalized spacial score (nSPS) is 16.9. The number of imide groups is 2. The van der Waals surface area contributed by atoms with Crippen LogP contribution in [0.5, 0.6) is 17.2 Å². The number of aromatic hydroxyl groups is 1. The molecule has 8 heteroatoms. The zero-order valence-corrected chi connectivity index (χ0v) is 14.8. The second kappa shape index (κ2) is 7.36. The molecular formula is C19H18N2O6. The van der Waals surface area contributed by atoms with Gasteiger partial charge in [-0.2, -0.15) is 0 Å². The predicted octanol–water partition coefficient (Wildman–Crippen LogP) is 1.85. The minimum Gasteiger partial charge on any atom is -0.504 e. The van der Waals surface area contributed by atoms with Crippen molar-refractivity contribution >= 4 is 23.5 Å². The molecular weight excluding hydrogens is 352 g/mol. The third-order valence-corrected chi connectivity index (χ3v) is 4.28. The highest BCUT2D eigenvalue weighted by Gasteiger charge is 2.41. The molecule has 2 aromatic rings. The van der Waals surface area contributed by atoms with Gasteiger partial charge >= 0.3 is 6.03 Å². The fourth-order valence-corrected chi connectivity index (χ4v) is 2.86. The summed E-state index contributed by atoms with van der Waals surface area (Å²) in [5.41, 5.74) is 0.946. The van der Waals surface area contributed by atoms with E-state index in [0.29, 0.717) is 17.0 Å². The molecule has 0 aromatic heterocycles. The van der Waals surface area contributed by atoms with Gasteiger partial charge in [-0.15, -0.1) is 0 Å². The van der Waals surface area contributed by atoms with Crippen LogP contribution in [-0.2, 0) is 16.0 Å². The van der Waals surface area contributed by atoms with Crippen molar-refractivity contribution in [3.8, 4) is 17.2 Å². The monoisotopic (exact) mass is 370 g/mol.